The van der Waals surface area contributed by atoms with Crippen LogP contribution in [0.15, 0.2) is 30.6 Å². The van der Waals surface area contributed by atoms with E-state index in [9.17, 15) is 0 Å². The van der Waals surface area contributed by atoms with E-state index in [1.165, 1.54) is 15.8 Å². The first kappa shape index (κ1) is 10.5. The Balaban J connectivity index is 2.22. The number of thiazole rings is 1. The van der Waals surface area contributed by atoms with E-state index < -0.39 is 0 Å². The molecule has 1 aromatic carbocycles. The van der Waals surface area contributed by atoms with Gasteiger partial charge >= 0.3 is 0 Å². The van der Waals surface area contributed by atoms with E-state index in [0.717, 1.165) is 16.9 Å². The van der Waals surface area contributed by atoms with E-state index in [1.807, 2.05) is 30.1 Å². The van der Waals surface area contributed by atoms with Gasteiger partial charge in [0.2, 0.25) is 0 Å². The molecule has 2 aromatic heterocycles. The highest BCUT2D eigenvalue weighted by Crippen LogP contribution is 2.31. The minimum Gasteiger partial charge on any atom is -0.275 e. The molecule has 0 atom stereocenters. The van der Waals surface area contributed by atoms with Gasteiger partial charge in [0.25, 0.3) is 0 Å². The molecule has 0 saturated carbocycles. The molecule has 3 aromatic rings. The number of nitrogens with zero attached hydrogens (tertiary/aromatic N) is 3. The molecule has 4 heteroatoms. The first-order valence-corrected chi connectivity index (χ1v) is 6.47. The summed E-state index contributed by atoms with van der Waals surface area (Å²) in [5.41, 5.74) is 2.21. The third-order valence-electron chi connectivity index (χ3n) is 2.80. The van der Waals surface area contributed by atoms with Crippen LogP contribution < -0.4 is 0 Å². The third-order valence-corrected chi connectivity index (χ3v) is 3.97. The molecule has 0 N–H and O–H groups in total. The normalized spacial score (nSPS) is 11.2. The summed E-state index contributed by atoms with van der Waals surface area (Å²) in [4.78, 5) is 5.82. The molecule has 3 rings (SSSR count). The molecular weight excluding hydrogens is 230 g/mol. The van der Waals surface area contributed by atoms with E-state index in [4.69, 9.17) is 0 Å². The van der Waals surface area contributed by atoms with Gasteiger partial charge in [-0.05, 0) is 12.5 Å². The molecule has 0 aliphatic carbocycles. The van der Waals surface area contributed by atoms with E-state index in [1.54, 1.807) is 11.3 Å². The molecule has 17 heavy (non-hydrogen) atoms. The van der Waals surface area contributed by atoms with Crippen LogP contribution in [0.5, 0.6) is 0 Å². The summed E-state index contributed by atoms with van der Waals surface area (Å²) in [6, 6.07) is 6.19. The van der Waals surface area contributed by atoms with Gasteiger partial charge in [-0.3, -0.25) is 4.68 Å². The zero-order chi connectivity index (χ0) is 11.8. The fourth-order valence-electron chi connectivity index (χ4n) is 1.94. The van der Waals surface area contributed by atoms with Crippen LogP contribution in [0.4, 0.5) is 0 Å². The van der Waals surface area contributed by atoms with Crippen LogP contribution in [-0.4, -0.2) is 14.8 Å². The maximum Gasteiger partial charge on any atom is 0.124 e. The lowest BCUT2D eigenvalue weighted by Crippen LogP contribution is -1.84. The summed E-state index contributed by atoms with van der Waals surface area (Å²) >= 11 is 1.76. The average Bonchev–Trinajstić information content (AvgIpc) is 2.92. The predicted octanol–water partition coefficient (Wildman–Crippen LogP) is 3.26. The van der Waals surface area contributed by atoms with Crippen LogP contribution in [0.25, 0.3) is 21.5 Å². The number of aromatic nitrogens is 3. The Labute approximate surface area is 104 Å². The van der Waals surface area contributed by atoms with Crippen LogP contribution in [0.1, 0.15) is 11.8 Å². The van der Waals surface area contributed by atoms with Crippen molar-refractivity contribution in [1.82, 2.24) is 14.8 Å². The maximum absolute atomic E-state index is 4.50. The van der Waals surface area contributed by atoms with Crippen LogP contribution in [-0.2, 0) is 13.5 Å². The molecule has 3 nitrogen and oxygen atoms in total. The summed E-state index contributed by atoms with van der Waals surface area (Å²) in [6.45, 7) is 2.15. The molecule has 0 aliphatic heterocycles. The molecule has 2 heterocycles. The van der Waals surface area contributed by atoms with Crippen LogP contribution in [0.2, 0.25) is 0 Å². The lowest BCUT2D eigenvalue weighted by Gasteiger charge is -1.96. The van der Waals surface area contributed by atoms with Gasteiger partial charge in [0.1, 0.15) is 5.01 Å². The first-order valence-electron chi connectivity index (χ1n) is 5.65. The van der Waals surface area contributed by atoms with Gasteiger partial charge in [0, 0.05) is 35.3 Å². The Morgan fingerprint density at radius 2 is 2.24 bits per heavy atom. The Morgan fingerprint density at radius 1 is 1.35 bits per heavy atom. The van der Waals surface area contributed by atoms with Gasteiger partial charge in [-0.15, -0.1) is 11.3 Å². The second kappa shape index (κ2) is 3.96. The van der Waals surface area contributed by atoms with E-state index in [0.29, 0.717) is 0 Å². The fraction of sp³-hybridized carbons (Fsp3) is 0.231. The summed E-state index contributed by atoms with van der Waals surface area (Å²) < 4.78 is 1.85. The molecule has 0 fully saturated rings. The topological polar surface area (TPSA) is 30.7 Å². The fourth-order valence-corrected chi connectivity index (χ4v) is 2.83. The number of hydrogen-bond acceptors (Lipinski definition) is 3. The third kappa shape index (κ3) is 1.74. The first-order chi connectivity index (χ1) is 8.28. The molecule has 0 spiro atoms. The molecule has 0 radical (unpaired) electrons. The van der Waals surface area contributed by atoms with Crippen molar-refractivity contribution in [3.05, 3.63) is 35.5 Å². The summed E-state index contributed by atoms with van der Waals surface area (Å²) in [6.07, 6.45) is 5.06. The van der Waals surface area contributed by atoms with Crippen molar-refractivity contribution >= 4 is 22.2 Å². The lowest BCUT2D eigenvalue weighted by atomic mass is 10.1. The molecule has 0 bridgehead atoms. The lowest BCUT2D eigenvalue weighted by molar-refractivity contribution is 0.780. The summed E-state index contributed by atoms with van der Waals surface area (Å²) in [5, 5.41) is 6.68. The molecule has 0 saturated heterocycles. The van der Waals surface area contributed by atoms with Crippen LogP contribution in [0.3, 0.4) is 0 Å². The van der Waals surface area contributed by atoms with Crippen LogP contribution in [0, 0.1) is 0 Å². The van der Waals surface area contributed by atoms with Crippen molar-refractivity contribution < 1.29 is 0 Å². The molecule has 86 valence electrons. The quantitative estimate of drug-likeness (QED) is 0.691. The van der Waals surface area contributed by atoms with E-state index in [2.05, 4.69) is 29.3 Å². The Morgan fingerprint density at radius 3 is 3.00 bits per heavy atom. The SMILES string of the molecule is CCc1cnc(-c2cccc3nn(C)cc23)s1. The van der Waals surface area contributed by atoms with Gasteiger partial charge in [-0.1, -0.05) is 19.1 Å². The van der Waals surface area contributed by atoms with Gasteiger partial charge in [-0.25, -0.2) is 4.98 Å². The number of aryl methyl sites for hydroxylation is 2. The highest BCUT2D eigenvalue weighted by Gasteiger charge is 2.09. The van der Waals surface area contributed by atoms with Crippen molar-refractivity contribution in [2.24, 2.45) is 7.05 Å². The van der Waals surface area contributed by atoms with Crippen molar-refractivity contribution in [2.75, 3.05) is 0 Å². The highest BCUT2D eigenvalue weighted by molar-refractivity contribution is 7.15. The van der Waals surface area contributed by atoms with E-state index >= 15 is 0 Å². The molecule has 0 unspecified atom stereocenters. The van der Waals surface area contributed by atoms with Crippen molar-refractivity contribution in [3.63, 3.8) is 0 Å². The molecular formula is C13H13N3S. The number of rotatable bonds is 2. The maximum atomic E-state index is 4.50. The van der Waals surface area contributed by atoms with Crippen LogP contribution >= 0.6 is 11.3 Å². The Hall–Kier alpha value is -1.68. The zero-order valence-corrected chi connectivity index (χ0v) is 10.7. The van der Waals surface area contributed by atoms with Gasteiger partial charge < -0.3 is 0 Å². The second-order valence-corrected chi connectivity index (χ2v) is 5.14. The summed E-state index contributed by atoms with van der Waals surface area (Å²) in [7, 11) is 1.95. The Kier molecular flexibility index (Phi) is 2.44. The summed E-state index contributed by atoms with van der Waals surface area (Å²) in [5.74, 6) is 0. The number of fused-ring (bicyclic) bond motifs is 1. The predicted molar refractivity (Wildman–Crippen MR) is 71.2 cm³/mol. The Bertz CT molecular complexity index is 666. The van der Waals surface area contributed by atoms with Gasteiger partial charge in [-0.2, -0.15) is 5.10 Å². The van der Waals surface area contributed by atoms with Crippen molar-refractivity contribution in [1.29, 1.82) is 0 Å². The standard InChI is InChI=1S/C13H13N3S/c1-3-9-7-14-13(17-9)10-5-4-6-12-11(10)8-16(2)15-12/h4-8H,3H2,1-2H3. The smallest absolute Gasteiger partial charge is 0.124 e. The minimum atomic E-state index is 1.03. The number of hydrogen-bond donors (Lipinski definition) is 0. The molecule has 0 aliphatic rings. The van der Waals surface area contributed by atoms with Gasteiger partial charge in [0.05, 0.1) is 5.52 Å². The zero-order valence-electron chi connectivity index (χ0n) is 9.84. The monoisotopic (exact) mass is 243 g/mol. The van der Waals surface area contributed by atoms with Crippen molar-refractivity contribution in [2.45, 2.75) is 13.3 Å². The highest BCUT2D eigenvalue weighted by atomic mass is 32.1. The number of benzene rings is 1. The average molecular weight is 243 g/mol. The van der Waals surface area contributed by atoms with Gasteiger partial charge in [0.15, 0.2) is 0 Å². The van der Waals surface area contributed by atoms with E-state index in [-0.39, 0.29) is 0 Å². The largest absolute Gasteiger partial charge is 0.275 e. The second-order valence-electron chi connectivity index (χ2n) is 4.03. The molecule has 0 amide bonds. The minimum absolute atomic E-state index is 1.03. The van der Waals surface area contributed by atoms with Crippen molar-refractivity contribution in [3.8, 4) is 10.6 Å².